The third kappa shape index (κ3) is 5.10. The van der Waals surface area contributed by atoms with E-state index in [0.717, 1.165) is 36.1 Å². The summed E-state index contributed by atoms with van der Waals surface area (Å²) in [6.45, 7) is 6.84. The maximum Gasteiger partial charge on any atom is 0.258 e. The number of carbonyl (C=O) groups excluding carboxylic acids is 2. The van der Waals surface area contributed by atoms with Crippen molar-refractivity contribution in [2.45, 2.75) is 46.5 Å². The quantitative estimate of drug-likeness (QED) is 0.481. The number of rotatable bonds is 5. The van der Waals surface area contributed by atoms with Crippen LogP contribution in [0.2, 0.25) is 0 Å². The molecular formula is C27H30N2O2S. The van der Waals surface area contributed by atoms with Crippen LogP contribution in [0.15, 0.2) is 60.7 Å². The zero-order chi connectivity index (χ0) is 22.7. The highest BCUT2D eigenvalue weighted by Crippen LogP contribution is 2.44. The van der Waals surface area contributed by atoms with Gasteiger partial charge in [-0.05, 0) is 53.9 Å². The van der Waals surface area contributed by atoms with Gasteiger partial charge in [-0.25, -0.2) is 0 Å². The van der Waals surface area contributed by atoms with Crippen molar-refractivity contribution in [2.75, 3.05) is 10.6 Å². The summed E-state index contributed by atoms with van der Waals surface area (Å²) in [5.41, 5.74) is 3.64. The van der Waals surface area contributed by atoms with E-state index in [1.165, 1.54) is 4.88 Å². The summed E-state index contributed by atoms with van der Waals surface area (Å²) in [5, 5.41) is 6.74. The van der Waals surface area contributed by atoms with Gasteiger partial charge in [0.2, 0.25) is 5.91 Å². The summed E-state index contributed by atoms with van der Waals surface area (Å²) in [4.78, 5) is 27.4. The van der Waals surface area contributed by atoms with Crippen LogP contribution < -0.4 is 10.6 Å². The minimum absolute atomic E-state index is 0.101. The molecule has 0 saturated carbocycles. The molecule has 2 N–H and O–H groups in total. The zero-order valence-corrected chi connectivity index (χ0v) is 19.7. The molecule has 4 rings (SSSR count). The number of nitrogens with one attached hydrogen (secondary N) is 2. The monoisotopic (exact) mass is 446 g/mol. The molecule has 166 valence electrons. The van der Waals surface area contributed by atoms with Crippen molar-refractivity contribution >= 4 is 33.8 Å². The lowest BCUT2D eigenvalue weighted by molar-refractivity contribution is -0.115. The molecule has 0 spiro atoms. The molecule has 0 aliphatic heterocycles. The molecule has 1 heterocycles. The molecule has 1 aliphatic carbocycles. The normalized spacial score (nSPS) is 15.7. The molecule has 1 aromatic heterocycles. The Balaban J connectivity index is 1.62. The maximum atomic E-state index is 13.3. The van der Waals surface area contributed by atoms with Crippen LogP contribution in [0.1, 0.15) is 53.6 Å². The van der Waals surface area contributed by atoms with E-state index in [-0.39, 0.29) is 23.7 Å². The van der Waals surface area contributed by atoms with Gasteiger partial charge in [0.25, 0.3) is 5.91 Å². The molecular weight excluding hydrogens is 416 g/mol. The van der Waals surface area contributed by atoms with E-state index < -0.39 is 0 Å². The first-order chi connectivity index (χ1) is 15.3. The molecule has 3 aromatic rings. The number of amides is 2. The molecule has 0 saturated heterocycles. The van der Waals surface area contributed by atoms with E-state index in [2.05, 4.69) is 31.4 Å². The first kappa shape index (κ1) is 22.3. The Bertz CT molecular complexity index is 1100. The van der Waals surface area contributed by atoms with Gasteiger partial charge in [-0.2, -0.15) is 0 Å². The Labute approximate surface area is 194 Å². The number of hydrogen-bond acceptors (Lipinski definition) is 3. The summed E-state index contributed by atoms with van der Waals surface area (Å²) >= 11 is 1.57. The lowest BCUT2D eigenvalue weighted by Gasteiger charge is -2.33. The van der Waals surface area contributed by atoms with Gasteiger partial charge in [0.1, 0.15) is 5.00 Å². The van der Waals surface area contributed by atoms with Crippen LogP contribution in [0.25, 0.3) is 0 Å². The largest absolute Gasteiger partial charge is 0.322 e. The predicted octanol–water partition coefficient (Wildman–Crippen LogP) is 6.33. The highest BCUT2D eigenvalue weighted by Gasteiger charge is 2.34. The molecule has 1 aliphatic rings. The second kappa shape index (κ2) is 9.29. The van der Waals surface area contributed by atoms with Gasteiger partial charge in [0.15, 0.2) is 0 Å². The minimum atomic E-state index is -0.155. The summed E-state index contributed by atoms with van der Waals surface area (Å²) in [7, 11) is 0. The van der Waals surface area contributed by atoms with E-state index in [1.807, 2.05) is 60.7 Å². The van der Waals surface area contributed by atoms with Gasteiger partial charge >= 0.3 is 0 Å². The molecule has 4 nitrogen and oxygen atoms in total. The molecule has 0 radical (unpaired) electrons. The van der Waals surface area contributed by atoms with Gasteiger partial charge in [-0.3, -0.25) is 9.59 Å². The van der Waals surface area contributed by atoms with Crippen LogP contribution >= 0.6 is 11.3 Å². The summed E-state index contributed by atoms with van der Waals surface area (Å²) < 4.78 is 0. The maximum absolute atomic E-state index is 13.3. The van der Waals surface area contributed by atoms with Crippen molar-refractivity contribution in [3.63, 3.8) is 0 Å². The Morgan fingerprint density at radius 3 is 2.28 bits per heavy atom. The number of carbonyl (C=O) groups is 2. The minimum Gasteiger partial charge on any atom is -0.322 e. The molecule has 0 fully saturated rings. The first-order valence-corrected chi connectivity index (χ1v) is 12.0. The topological polar surface area (TPSA) is 58.2 Å². The molecule has 5 heteroatoms. The highest BCUT2D eigenvalue weighted by atomic mass is 32.1. The van der Waals surface area contributed by atoms with E-state index in [0.29, 0.717) is 16.5 Å². The van der Waals surface area contributed by atoms with E-state index in [4.69, 9.17) is 0 Å². The number of fused-ring (bicyclic) bond motifs is 1. The summed E-state index contributed by atoms with van der Waals surface area (Å²) in [6, 6.07) is 19.1. The van der Waals surface area contributed by atoms with Crippen LogP contribution in [0.4, 0.5) is 10.7 Å². The van der Waals surface area contributed by atoms with Crippen LogP contribution in [0.3, 0.4) is 0 Å². The molecule has 2 amide bonds. The second-order valence-electron chi connectivity index (χ2n) is 9.54. The molecule has 1 unspecified atom stereocenters. The third-order valence-corrected chi connectivity index (χ3v) is 7.38. The number of para-hydroxylation sites is 1. The lowest BCUT2D eigenvalue weighted by atomic mass is 9.72. The zero-order valence-electron chi connectivity index (χ0n) is 18.9. The molecule has 0 bridgehead atoms. The first-order valence-electron chi connectivity index (χ1n) is 11.2. The lowest BCUT2D eigenvalue weighted by Crippen LogP contribution is -2.27. The standard InChI is InChI=1S/C27H30N2O2S/c1-27(2,3)19-14-15-21-22(17-19)32-26(29-23(30)16-18-10-6-4-7-11-18)24(21)25(31)28-20-12-8-5-9-13-20/h4-13,19H,14-17H2,1-3H3,(H,28,31)(H,29,30). The number of anilines is 2. The Hall–Kier alpha value is -2.92. The van der Waals surface area contributed by atoms with Gasteiger partial charge in [0.05, 0.1) is 12.0 Å². The van der Waals surface area contributed by atoms with E-state index >= 15 is 0 Å². The fourth-order valence-electron chi connectivity index (χ4n) is 4.32. The Morgan fingerprint density at radius 2 is 1.62 bits per heavy atom. The van der Waals surface area contributed by atoms with Crippen LogP contribution in [-0.2, 0) is 24.1 Å². The van der Waals surface area contributed by atoms with Gasteiger partial charge in [-0.15, -0.1) is 11.3 Å². The SMILES string of the molecule is CC(C)(C)C1CCc2c(sc(NC(=O)Cc3ccccc3)c2C(=O)Nc2ccccc2)C1. The van der Waals surface area contributed by atoms with E-state index in [1.54, 1.807) is 11.3 Å². The van der Waals surface area contributed by atoms with Crippen molar-refractivity contribution in [3.8, 4) is 0 Å². The Kier molecular flexibility index (Phi) is 6.47. The fourth-order valence-corrected chi connectivity index (χ4v) is 5.66. The van der Waals surface area contributed by atoms with Crippen LogP contribution in [0, 0.1) is 11.3 Å². The van der Waals surface area contributed by atoms with Crippen molar-refractivity contribution in [3.05, 3.63) is 82.2 Å². The molecule has 1 atom stereocenters. The average Bonchev–Trinajstić information content (AvgIpc) is 3.11. The molecule has 32 heavy (non-hydrogen) atoms. The van der Waals surface area contributed by atoms with Gasteiger partial charge in [-0.1, -0.05) is 69.3 Å². The number of thiophene rings is 1. The van der Waals surface area contributed by atoms with Crippen molar-refractivity contribution in [1.29, 1.82) is 0 Å². The molecule has 2 aromatic carbocycles. The summed E-state index contributed by atoms with van der Waals surface area (Å²) in [6.07, 6.45) is 3.15. The highest BCUT2D eigenvalue weighted by molar-refractivity contribution is 7.17. The second-order valence-corrected chi connectivity index (χ2v) is 10.6. The van der Waals surface area contributed by atoms with Crippen LogP contribution in [-0.4, -0.2) is 11.8 Å². The number of benzene rings is 2. The smallest absolute Gasteiger partial charge is 0.258 e. The fraction of sp³-hybridized carbons (Fsp3) is 0.333. The summed E-state index contributed by atoms with van der Waals surface area (Å²) in [5.74, 6) is 0.306. The van der Waals surface area contributed by atoms with Crippen molar-refractivity contribution in [1.82, 2.24) is 0 Å². The van der Waals surface area contributed by atoms with Crippen molar-refractivity contribution < 1.29 is 9.59 Å². The predicted molar refractivity (Wildman–Crippen MR) is 132 cm³/mol. The van der Waals surface area contributed by atoms with Gasteiger partial charge in [0, 0.05) is 10.6 Å². The third-order valence-electron chi connectivity index (χ3n) is 6.21. The Morgan fingerprint density at radius 1 is 0.969 bits per heavy atom. The number of hydrogen-bond donors (Lipinski definition) is 2. The van der Waals surface area contributed by atoms with Crippen LogP contribution in [0.5, 0.6) is 0 Å². The average molecular weight is 447 g/mol. The van der Waals surface area contributed by atoms with E-state index in [9.17, 15) is 9.59 Å². The van der Waals surface area contributed by atoms with Gasteiger partial charge < -0.3 is 10.6 Å². The van der Waals surface area contributed by atoms with Crippen molar-refractivity contribution in [2.24, 2.45) is 11.3 Å².